The third-order valence-electron chi connectivity index (χ3n) is 6.36. The van der Waals surface area contributed by atoms with E-state index in [1.807, 2.05) is 23.1 Å². The first kappa shape index (κ1) is 21.0. The Morgan fingerprint density at radius 3 is 2.38 bits per heavy atom. The predicted molar refractivity (Wildman–Crippen MR) is 133 cm³/mol. The Morgan fingerprint density at radius 1 is 0.941 bits per heavy atom. The molecule has 5 nitrogen and oxygen atoms in total. The van der Waals surface area contributed by atoms with Crippen LogP contribution in [0.15, 0.2) is 77.5 Å². The molecule has 0 saturated carbocycles. The molecule has 0 radical (unpaired) electrons. The van der Waals surface area contributed by atoms with Gasteiger partial charge in [-0.15, -0.1) is 5.10 Å². The van der Waals surface area contributed by atoms with Crippen LogP contribution >= 0.6 is 11.8 Å². The van der Waals surface area contributed by atoms with Gasteiger partial charge < -0.3 is 10.1 Å². The van der Waals surface area contributed by atoms with E-state index in [2.05, 4.69) is 49.5 Å². The maximum Gasteiger partial charge on any atom is 0.227 e. The molecule has 3 aromatic carbocycles. The van der Waals surface area contributed by atoms with Crippen molar-refractivity contribution in [1.82, 2.24) is 14.8 Å². The van der Waals surface area contributed by atoms with Crippen molar-refractivity contribution in [1.29, 1.82) is 0 Å². The fourth-order valence-corrected chi connectivity index (χ4v) is 5.04. The lowest BCUT2D eigenvalue weighted by Gasteiger charge is -2.39. The van der Waals surface area contributed by atoms with Crippen LogP contribution in [0.1, 0.15) is 40.0 Å². The summed E-state index contributed by atoms with van der Waals surface area (Å²) in [5.41, 5.74) is 7.28. The number of aryl methyl sites for hydroxylation is 2. The minimum absolute atomic E-state index is 0.232. The topological polar surface area (TPSA) is 52.0 Å². The summed E-state index contributed by atoms with van der Waals surface area (Å²) in [5, 5.41) is 9.07. The number of anilines is 1. The summed E-state index contributed by atoms with van der Waals surface area (Å²) in [5.74, 6) is 1.21. The van der Waals surface area contributed by atoms with E-state index in [4.69, 9.17) is 14.8 Å². The van der Waals surface area contributed by atoms with Crippen LogP contribution in [0, 0.1) is 19.7 Å². The number of hydrogen-bond acceptors (Lipinski definition) is 5. The van der Waals surface area contributed by atoms with E-state index in [1.165, 1.54) is 29.5 Å². The van der Waals surface area contributed by atoms with Gasteiger partial charge in [0, 0.05) is 11.1 Å². The van der Waals surface area contributed by atoms with E-state index in [0.29, 0.717) is 11.1 Å². The Hall–Kier alpha value is -3.58. The molecule has 2 aliphatic heterocycles. The average Bonchev–Trinajstić information content (AvgIpc) is 3.27. The van der Waals surface area contributed by atoms with Crippen LogP contribution in [0.4, 0.5) is 10.3 Å². The van der Waals surface area contributed by atoms with Crippen molar-refractivity contribution in [3.63, 3.8) is 0 Å². The third-order valence-corrected chi connectivity index (χ3v) is 6.89. The van der Waals surface area contributed by atoms with Gasteiger partial charge in [-0.2, -0.15) is 4.98 Å². The molecule has 7 heteroatoms. The van der Waals surface area contributed by atoms with Crippen LogP contribution < -0.4 is 10.1 Å². The van der Waals surface area contributed by atoms with Crippen molar-refractivity contribution >= 4 is 23.4 Å². The van der Waals surface area contributed by atoms with E-state index < -0.39 is 6.10 Å². The molecule has 0 spiro atoms. The van der Waals surface area contributed by atoms with Crippen molar-refractivity contribution < 1.29 is 9.13 Å². The summed E-state index contributed by atoms with van der Waals surface area (Å²) >= 11 is 1.51. The van der Waals surface area contributed by atoms with Gasteiger partial charge in [0.15, 0.2) is 0 Å². The minimum Gasteiger partial charge on any atom is -0.480 e. The second kappa shape index (κ2) is 8.02. The molecule has 0 saturated heterocycles. The van der Waals surface area contributed by atoms with Gasteiger partial charge in [-0.05, 0) is 55.5 Å². The summed E-state index contributed by atoms with van der Waals surface area (Å²) in [6, 6.07) is 21.0. The van der Waals surface area contributed by atoms with Gasteiger partial charge in [0.25, 0.3) is 0 Å². The number of rotatable bonds is 3. The Balaban J connectivity index is 1.63. The maximum absolute atomic E-state index is 13.8. The molecule has 2 atom stereocenters. The SMILES string of the molecule is CSc1nc2n(n1)C(c1ccc(C)cc1)C1=C(N2)c2cc(C)ccc2OC1c1ccc(F)cc1. The first-order chi connectivity index (χ1) is 16.5. The number of fused-ring (bicyclic) bond motifs is 3. The van der Waals surface area contributed by atoms with Gasteiger partial charge >= 0.3 is 0 Å². The fourth-order valence-electron chi connectivity index (χ4n) is 4.69. The Kier molecular flexibility index (Phi) is 4.95. The number of aromatic nitrogens is 3. The standard InChI is InChI=1S/C27H23FN4OS/c1-15-4-7-17(8-5-15)24-22-23(29-26-30-27(34-3)31-32(24)26)20-14-16(2)6-13-21(20)33-25(22)18-9-11-19(28)12-10-18/h4-14,24-25H,1-3H3,(H,29,30,31). The van der Waals surface area contributed by atoms with Crippen LogP contribution in [-0.4, -0.2) is 21.0 Å². The number of benzene rings is 3. The van der Waals surface area contributed by atoms with Gasteiger partial charge in [-0.1, -0.05) is 65.4 Å². The zero-order valence-corrected chi connectivity index (χ0v) is 19.9. The lowest BCUT2D eigenvalue weighted by molar-refractivity contribution is 0.222. The number of halogens is 1. The highest BCUT2D eigenvalue weighted by Gasteiger charge is 2.41. The molecule has 1 aromatic heterocycles. The van der Waals surface area contributed by atoms with Crippen LogP contribution in [0.3, 0.4) is 0 Å². The van der Waals surface area contributed by atoms with Crippen LogP contribution in [0.2, 0.25) is 0 Å². The highest BCUT2D eigenvalue weighted by molar-refractivity contribution is 7.98. The molecule has 3 heterocycles. The van der Waals surface area contributed by atoms with Gasteiger partial charge in [0.2, 0.25) is 11.1 Å². The van der Waals surface area contributed by atoms with Crippen molar-refractivity contribution in [2.75, 3.05) is 11.6 Å². The van der Waals surface area contributed by atoms with Crippen LogP contribution in [0.25, 0.3) is 5.70 Å². The summed E-state index contributed by atoms with van der Waals surface area (Å²) in [6.45, 7) is 4.15. The molecule has 1 N–H and O–H groups in total. The van der Waals surface area contributed by atoms with Crippen molar-refractivity contribution in [3.8, 4) is 5.75 Å². The maximum atomic E-state index is 13.8. The number of nitrogens with one attached hydrogen (secondary N) is 1. The molecule has 6 rings (SSSR count). The third kappa shape index (κ3) is 3.39. The van der Waals surface area contributed by atoms with E-state index in [1.54, 1.807) is 12.1 Å². The molecule has 0 amide bonds. The van der Waals surface area contributed by atoms with Gasteiger partial charge in [-0.3, -0.25) is 0 Å². The molecule has 0 aliphatic carbocycles. The van der Waals surface area contributed by atoms with E-state index in [-0.39, 0.29) is 11.9 Å². The molecule has 34 heavy (non-hydrogen) atoms. The second-order valence-corrected chi connectivity index (χ2v) is 9.46. The van der Waals surface area contributed by atoms with Crippen LogP contribution in [-0.2, 0) is 0 Å². The van der Waals surface area contributed by atoms with Gasteiger partial charge in [0.05, 0.1) is 5.70 Å². The first-order valence-electron chi connectivity index (χ1n) is 11.1. The largest absolute Gasteiger partial charge is 0.480 e. The zero-order valence-electron chi connectivity index (χ0n) is 19.0. The number of nitrogens with zero attached hydrogens (tertiary/aromatic N) is 3. The normalized spacial score (nSPS) is 18.5. The smallest absolute Gasteiger partial charge is 0.227 e. The molecule has 0 fully saturated rings. The number of thioether (sulfide) groups is 1. The molecule has 4 aromatic rings. The van der Waals surface area contributed by atoms with Crippen molar-refractivity contribution in [3.05, 3.63) is 106 Å². The molecular weight excluding hydrogens is 447 g/mol. The fraction of sp³-hybridized carbons (Fsp3) is 0.185. The monoisotopic (exact) mass is 470 g/mol. The Labute approximate surface area is 201 Å². The van der Waals surface area contributed by atoms with Gasteiger partial charge in [0.1, 0.15) is 23.7 Å². The molecule has 170 valence electrons. The lowest BCUT2D eigenvalue weighted by atomic mass is 9.84. The molecule has 0 bridgehead atoms. The molecular formula is C27H23FN4OS. The van der Waals surface area contributed by atoms with Gasteiger partial charge in [-0.25, -0.2) is 9.07 Å². The molecule has 2 aliphatic rings. The predicted octanol–water partition coefficient (Wildman–Crippen LogP) is 6.32. The first-order valence-corrected chi connectivity index (χ1v) is 12.4. The van der Waals surface area contributed by atoms with E-state index >= 15 is 0 Å². The lowest BCUT2D eigenvalue weighted by Crippen LogP contribution is -2.32. The van der Waals surface area contributed by atoms with E-state index in [9.17, 15) is 4.39 Å². The average molecular weight is 471 g/mol. The quantitative estimate of drug-likeness (QED) is 0.355. The summed E-state index contributed by atoms with van der Waals surface area (Å²) in [7, 11) is 0. The highest BCUT2D eigenvalue weighted by Crippen LogP contribution is 2.51. The summed E-state index contributed by atoms with van der Waals surface area (Å²) in [4.78, 5) is 4.74. The van der Waals surface area contributed by atoms with Crippen molar-refractivity contribution in [2.45, 2.75) is 31.1 Å². The zero-order chi connectivity index (χ0) is 23.4. The highest BCUT2D eigenvalue weighted by atomic mass is 32.2. The summed E-state index contributed by atoms with van der Waals surface area (Å²) < 4.78 is 22.4. The molecule has 2 unspecified atom stereocenters. The van der Waals surface area contributed by atoms with E-state index in [0.717, 1.165) is 39.3 Å². The Morgan fingerprint density at radius 2 is 1.65 bits per heavy atom. The Bertz CT molecular complexity index is 1430. The van der Waals surface area contributed by atoms with Crippen LogP contribution in [0.5, 0.6) is 5.75 Å². The minimum atomic E-state index is -0.417. The number of ether oxygens (including phenoxy) is 1. The summed E-state index contributed by atoms with van der Waals surface area (Å²) in [6.07, 6.45) is 1.55. The second-order valence-electron chi connectivity index (χ2n) is 8.68. The number of hydrogen-bond donors (Lipinski definition) is 1. The van der Waals surface area contributed by atoms with Crippen molar-refractivity contribution in [2.24, 2.45) is 0 Å².